The highest BCUT2D eigenvalue weighted by Crippen LogP contribution is 2.20. The molecule has 0 atom stereocenters. The van der Waals surface area contributed by atoms with Gasteiger partial charge in [-0.15, -0.1) is 0 Å². The summed E-state index contributed by atoms with van der Waals surface area (Å²) in [6.07, 6.45) is 3.47. The first-order valence-electron chi connectivity index (χ1n) is 8.92. The van der Waals surface area contributed by atoms with E-state index in [1.54, 1.807) is 4.31 Å². The summed E-state index contributed by atoms with van der Waals surface area (Å²) in [5.74, 6) is 0.129. The van der Waals surface area contributed by atoms with Crippen LogP contribution in [0.4, 0.5) is 0 Å². The summed E-state index contributed by atoms with van der Waals surface area (Å²) in [7, 11) is -3.16. The lowest BCUT2D eigenvalue weighted by molar-refractivity contribution is -0.126. The molecule has 1 aromatic carbocycles. The van der Waals surface area contributed by atoms with E-state index >= 15 is 0 Å². The number of carbonyl (C=O) groups is 1. The number of nitrogens with one attached hydrogen (secondary N) is 1. The van der Waals surface area contributed by atoms with Crippen molar-refractivity contribution in [2.24, 2.45) is 5.92 Å². The van der Waals surface area contributed by atoms with Gasteiger partial charge in [0.25, 0.3) is 0 Å². The molecule has 1 aliphatic heterocycles. The molecule has 0 radical (unpaired) electrons. The van der Waals surface area contributed by atoms with Crippen molar-refractivity contribution in [3.8, 4) is 0 Å². The minimum Gasteiger partial charge on any atom is -0.356 e. The molecule has 0 aliphatic carbocycles. The maximum Gasteiger partial charge on any atom is 0.223 e. The number of rotatable bonds is 8. The molecular formula is C18H27ClN2O3S. The molecule has 1 saturated heterocycles. The van der Waals surface area contributed by atoms with E-state index in [9.17, 15) is 13.2 Å². The number of benzene rings is 1. The number of piperidine rings is 1. The maximum atomic E-state index is 12.3. The first-order valence-corrected chi connectivity index (χ1v) is 10.9. The monoisotopic (exact) mass is 386 g/mol. The van der Waals surface area contributed by atoms with E-state index in [0.717, 1.165) is 18.4 Å². The van der Waals surface area contributed by atoms with Gasteiger partial charge in [-0.2, -0.15) is 0 Å². The van der Waals surface area contributed by atoms with Crippen LogP contribution in [0.1, 0.15) is 38.2 Å². The standard InChI is InChI=1S/C18H27ClN2O3S/c1-2-3-13-25(23,24)21-11-8-16(9-12-21)18(22)20-10-7-15-5-4-6-17(19)14-15/h4-6,14,16H,2-3,7-13H2,1H3,(H,20,22). The second kappa shape index (κ2) is 9.55. The molecule has 25 heavy (non-hydrogen) atoms. The lowest BCUT2D eigenvalue weighted by Gasteiger charge is -2.30. The van der Waals surface area contributed by atoms with Crippen LogP contribution in [0.25, 0.3) is 0 Å². The summed E-state index contributed by atoms with van der Waals surface area (Å²) < 4.78 is 25.9. The fraction of sp³-hybridized carbons (Fsp3) is 0.611. The summed E-state index contributed by atoms with van der Waals surface area (Å²) >= 11 is 5.95. The molecule has 140 valence electrons. The Bertz CT molecular complexity index is 671. The van der Waals surface area contributed by atoms with Gasteiger partial charge in [0.1, 0.15) is 0 Å². The van der Waals surface area contributed by atoms with Crippen molar-refractivity contribution in [2.75, 3.05) is 25.4 Å². The van der Waals surface area contributed by atoms with Gasteiger partial charge in [0, 0.05) is 30.6 Å². The highest BCUT2D eigenvalue weighted by Gasteiger charge is 2.30. The van der Waals surface area contributed by atoms with Crippen molar-refractivity contribution in [3.05, 3.63) is 34.9 Å². The normalized spacial score (nSPS) is 16.7. The number of halogens is 1. The molecule has 1 heterocycles. The lowest BCUT2D eigenvalue weighted by atomic mass is 9.97. The lowest BCUT2D eigenvalue weighted by Crippen LogP contribution is -2.44. The third kappa shape index (κ3) is 6.28. The molecule has 7 heteroatoms. The quantitative estimate of drug-likeness (QED) is 0.747. The first kappa shape index (κ1) is 20.2. The highest BCUT2D eigenvalue weighted by atomic mass is 35.5. The zero-order valence-corrected chi connectivity index (χ0v) is 16.3. The topological polar surface area (TPSA) is 66.5 Å². The number of hydrogen-bond donors (Lipinski definition) is 1. The number of amides is 1. The summed E-state index contributed by atoms with van der Waals surface area (Å²) in [5.41, 5.74) is 1.09. The second-order valence-electron chi connectivity index (χ2n) is 6.51. The number of unbranched alkanes of at least 4 members (excludes halogenated alkanes) is 1. The number of nitrogens with zero attached hydrogens (tertiary/aromatic N) is 1. The third-order valence-corrected chi connectivity index (χ3v) is 6.77. The fourth-order valence-electron chi connectivity index (χ4n) is 3.02. The van der Waals surface area contributed by atoms with E-state index in [2.05, 4.69) is 5.32 Å². The molecule has 0 saturated carbocycles. The average Bonchev–Trinajstić information content (AvgIpc) is 2.60. The van der Waals surface area contributed by atoms with E-state index in [1.165, 1.54) is 0 Å². The molecule has 1 aromatic rings. The van der Waals surface area contributed by atoms with E-state index in [1.807, 2.05) is 31.2 Å². The smallest absolute Gasteiger partial charge is 0.223 e. The van der Waals surface area contributed by atoms with Crippen molar-refractivity contribution in [2.45, 2.75) is 39.0 Å². The Kier molecular flexibility index (Phi) is 7.72. The van der Waals surface area contributed by atoms with Crippen molar-refractivity contribution in [1.29, 1.82) is 0 Å². The van der Waals surface area contributed by atoms with Gasteiger partial charge in [0.2, 0.25) is 15.9 Å². The van der Waals surface area contributed by atoms with Gasteiger partial charge >= 0.3 is 0 Å². The van der Waals surface area contributed by atoms with Crippen LogP contribution >= 0.6 is 11.6 Å². The molecule has 1 N–H and O–H groups in total. The van der Waals surface area contributed by atoms with Gasteiger partial charge < -0.3 is 5.32 Å². The molecule has 1 amide bonds. The Hall–Kier alpha value is -1.11. The SMILES string of the molecule is CCCCS(=O)(=O)N1CCC(C(=O)NCCc2cccc(Cl)c2)CC1. The third-order valence-electron chi connectivity index (χ3n) is 4.58. The van der Waals surface area contributed by atoms with Gasteiger partial charge in [-0.1, -0.05) is 37.1 Å². The Labute approximate surface area is 155 Å². The van der Waals surface area contributed by atoms with Crippen LogP contribution in [0.3, 0.4) is 0 Å². The van der Waals surface area contributed by atoms with Gasteiger partial charge in [0.15, 0.2) is 0 Å². The van der Waals surface area contributed by atoms with Crippen LogP contribution in [-0.2, 0) is 21.2 Å². The van der Waals surface area contributed by atoms with Gasteiger partial charge in [0.05, 0.1) is 5.75 Å². The van der Waals surface area contributed by atoms with Crippen LogP contribution in [0.2, 0.25) is 5.02 Å². The largest absolute Gasteiger partial charge is 0.356 e. The summed E-state index contributed by atoms with van der Waals surface area (Å²) in [6.45, 7) is 3.43. The number of carbonyl (C=O) groups excluding carboxylic acids is 1. The van der Waals surface area contributed by atoms with Crippen molar-refractivity contribution < 1.29 is 13.2 Å². The molecule has 0 bridgehead atoms. The zero-order chi connectivity index (χ0) is 18.3. The zero-order valence-electron chi connectivity index (χ0n) is 14.7. The Balaban J connectivity index is 1.74. The molecule has 0 spiro atoms. The van der Waals surface area contributed by atoms with Crippen LogP contribution in [0.15, 0.2) is 24.3 Å². The molecule has 1 fully saturated rings. The second-order valence-corrected chi connectivity index (χ2v) is 9.04. The molecule has 0 aromatic heterocycles. The summed E-state index contributed by atoms with van der Waals surface area (Å²) in [5, 5.41) is 3.65. The molecule has 1 aliphatic rings. The van der Waals surface area contributed by atoms with Crippen molar-refractivity contribution in [3.63, 3.8) is 0 Å². The molecular weight excluding hydrogens is 360 g/mol. The predicted molar refractivity (Wildman–Crippen MR) is 101 cm³/mol. The Morgan fingerprint density at radius 3 is 2.68 bits per heavy atom. The van der Waals surface area contributed by atoms with Crippen LogP contribution in [0, 0.1) is 5.92 Å². The van der Waals surface area contributed by atoms with E-state index in [0.29, 0.717) is 43.9 Å². The number of hydrogen-bond acceptors (Lipinski definition) is 3. The maximum absolute atomic E-state index is 12.3. The van der Waals surface area contributed by atoms with Crippen molar-refractivity contribution in [1.82, 2.24) is 9.62 Å². The number of sulfonamides is 1. The fourth-order valence-corrected chi connectivity index (χ4v) is 4.91. The summed E-state index contributed by atoms with van der Waals surface area (Å²) in [4.78, 5) is 12.3. The minimum atomic E-state index is -3.16. The summed E-state index contributed by atoms with van der Waals surface area (Å²) in [6, 6.07) is 7.60. The van der Waals surface area contributed by atoms with Crippen LogP contribution in [0.5, 0.6) is 0 Å². The van der Waals surface area contributed by atoms with E-state index < -0.39 is 10.0 Å². The van der Waals surface area contributed by atoms with Gasteiger partial charge in [-0.25, -0.2) is 12.7 Å². The van der Waals surface area contributed by atoms with Crippen molar-refractivity contribution >= 4 is 27.5 Å². The minimum absolute atomic E-state index is 0.0210. The molecule has 2 rings (SSSR count). The Morgan fingerprint density at radius 2 is 2.04 bits per heavy atom. The molecule has 0 unspecified atom stereocenters. The Morgan fingerprint density at radius 1 is 1.32 bits per heavy atom. The highest BCUT2D eigenvalue weighted by molar-refractivity contribution is 7.89. The van der Waals surface area contributed by atoms with E-state index in [4.69, 9.17) is 11.6 Å². The van der Waals surface area contributed by atoms with Crippen LogP contribution in [-0.4, -0.2) is 44.0 Å². The van der Waals surface area contributed by atoms with Gasteiger partial charge in [-0.05, 0) is 43.4 Å². The first-order chi connectivity index (χ1) is 11.9. The predicted octanol–water partition coefficient (Wildman–Crippen LogP) is 2.84. The van der Waals surface area contributed by atoms with Gasteiger partial charge in [-0.3, -0.25) is 4.79 Å². The van der Waals surface area contributed by atoms with Crippen LogP contribution < -0.4 is 5.32 Å². The molecule has 5 nitrogen and oxygen atoms in total. The average molecular weight is 387 g/mol. The van der Waals surface area contributed by atoms with E-state index in [-0.39, 0.29) is 17.6 Å².